The monoisotopic (exact) mass is 307 g/mol. The fraction of sp³-hybridized carbons (Fsp3) is 0.733. The highest BCUT2D eigenvalue weighted by Crippen LogP contribution is 2.32. The van der Waals surface area contributed by atoms with Crippen molar-refractivity contribution in [2.45, 2.75) is 6.42 Å². The minimum Gasteiger partial charge on any atom is -0.381 e. The van der Waals surface area contributed by atoms with Crippen LogP contribution >= 0.6 is 11.3 Å². The van der Waals surface area contributed by atoms with E-state index in [1.54, 1.807) is 5.51 Å². The zero-order chi connectivity index (χ0) is 14.2. The second-order valence-corrected chi connectivity index (χ2v) is 7.27. The van der Waals surface area contributed by atoms with Crippen LogP contribution in [0.5, 0.6) is 0 Å². The largest absolute Gasteiger partial charge is 0.381 e. The van der Waals surface area contributed by atoms with Gasteiger partial charge in [0.25, 0.3) is 5.91 Å². The highest BCUT2D eigenvalue weighted by molar-refractivity contribution is 7.07. The zero-order valence-electron chi connectivity index (χ0n) is 12.1. The van der Waals surface area contributed by atoms with Crippen LogP contribution in [0.3, 0.4) is 0 Å². The van der Waals surface area contributed by atoms with E-state index in [1.165, 1.54) is 24.3 Å². The van der Waals surface area contributed by atoms with Crippen LogP contribution in [-0.4, -0.2) is 66.6 Å². The average molecular weight is 307 g/mol. The Labute approximate surface area is 128 Å². The highest BCUT2D eigenvalue weighted by Gasteiger charge is 2.42. The lowest BCUT2D eigenvalue weighted by molar-refractivity contribution is 0.0767. The molecule has 1 aromatic heterocycles. The highest BCUT2D eigenvalue weighted by atomic mass is 32.1. The molecule has 0 aliphatic carbocycles. The molecule has 3 fully saturated rings. The van der Waals surface area contributed by atoms with Crippen molar-refractivity contribution in [3.63, 3.8) is 0 Å². The van der Waals surface area contributed by atoms with Crippen molar-refractivity contribution in [3.05, 3.63) is 16.6 Å². The van der Waals surface area contributed by atoms with Crippen molar-refractivity contribution in [2.24, 2.45) is 17.8 Å². The van der Waals surface area contributed by atoms with Gasteiger partial charge in [0.2, 0.25) is 0 Å². The van der Waals surface area contributed by atoms with E-state index in [-0.39, 0.29) is 5.91 Å². The first-order valence-electron chi connectivity index (χ1n) is 7.77. The molecule has 21 heavy (non-hydrogen) atoms. The molecule has 0 N–H and O–H groups in total. The lowest BCUT2D eigenvalue weighted by Gasteiger charge is -2.23. The SMILES string of the molecule is O=C(c1cscn1)N1C[C@H]2CN(C[C@H]3CCOC3)C[C@H]2C1. The third-order valence-corrected chi connectivity index (χ3v) is 5.63. The van der Waals surface area contributed by atoms with Gasteiger partial charge in [-0.2, -0.15) is 0 Å². The summed E-state index contributed by atoms with van der Waals surface area (Å²) in [4.78, 5) is 21.1. The molecular weight excluding hydrogens is 286 g/mol. The maximum atomic E-state index is 12.3. The van der Waals surface area contributed by atoms with Crippen LogP contribution in [0.15, 0.2) is 10.9 Å². The fourth-order valence-electron chi connectivity index (χ4n) is 3.98. The molecule has 5 nitrogen and oxygen atoms in total. The lowest BCUT2D eigenvalue weighted by atomic mass is 10.0. The first-order chi connectivity index (χ1) is 10.3. The predicted molar refractivity (Wildman–Crippen MR) is 80.4 cm³/mol. The van der Waals surface area contributed by atoms with Crippen LogP contribution in [0.4, 0.5) is 0 Å². The topological polar surface area (TPSA) is 45.7 Å². The Kier molecular flexibility index (Phi) is 3.69. The van der Waals surface area contributed by atoms with Gasteiger partial charge in [0, 0.05) is 44.7 Å². The van der Waals surface area contributed by atoms with Crippen molar-refractivity contribution in [1.29, 1.82) is 0 Å². The van der Waals surface area contributed by atoms with Crippen LogP contribution in [0.2, 0.25) is 0 Å². The number of thiazole rings is 1. The van der Waals surface area contributed by atoms with Gasteiger partial charge in [-0.3, -0.25) is 4.79 Å². The minimum atomic E-state index is 0.112. The summed E-state index contributed by atoms with van der Waals surface area (Å²) in [5.74, 6) is 2.13. The van der Waals surface area contributed by atoms with Crippen molar-refractivity contribution in [2.75, 3.05) is 45.9 Å². The molecule has 0 unspecified atom stereocenters. The van der Waals surface area contributed by atoms with Gasteiger partial charge in [-0.25, -0.2) is 4.98 Å². The summed E-state index contributed by atoms with van der Waals surface area (Å²) in [7, 11) is 0. The van der Waals surface area contributed by atoms with Gasteiger partial charge in [0.05, 0.1) is 12.1 Å². The number of nitrogens with zero attached hydrogens (tertiary/aromatic N) is 3. The minimum absolute atomic E-state index is 0.112. The number of likely N-dealkylation sites (tertiary alicyclic amines) is 2. The summed E-state index contributed by atoms with van der Waals surface area (Å²) in [6, 6.07) is 0. The average Bonchev–Trinajstić information content (AvgIpc) is 3.23. The quantitative estimate of drug-likeness (QED) is 0.841. The van der Waals surface area contributed by atoms with Gasteiger partial charge in [-0.15, -0.1) is 11.3 Å². The van der Waals surface area contributed by atoms with Crippen molar-refractivity contribution >= 4 is 17.2 Å². The van der Waals surface area contributed by atoms with Crippen LogP contribution < -0.4 is 0 Å². The third kappa shape index (κ3) is 2.72. The van der Waals surface area contributed by atoms with E-state index in [2.05, 4.69) is 9.88 Å². The molecule has 3 saturated heterocycles. The molecule has 4 rings (SSSR count). The van der Waals surface area contributed by atoms with Crippen molar-refractivity contribution in [3.8, 4) is 0 Å². The molecule has 1 amide bonds. The normalized spacial score (nSPS) is 32.8. The van der Waals surface area contributed by atoms with E-state index < -0.39 is 0 Å². The molecule has 0 saturated carbocycles. The first kappa shape index (κ1) is 13.7. The Morgan fingerprint density at radius 2 is 2.14 bits per heavy atom. The number of rotatable bonds is 3. The van der Waals surface area contributed by atoms with E-state index in [1.807, 2.05) is 10.3 Å². The second-order valence-electron chi connectivity index (χ2n) is 6.55. The van der Waals surface area contributed by atoms with Gasteiger partial charge in [0.1, 0.15) is 5.69 Å². The van der Waals surface area contributed by atoms with Gasteiger partial charge < -0.3 is 14.5 Å². The van der Waals surface area contributed by atoms with E-state index in [0.717, 1.165) is 45.3 Å². The zero-order valence-corrected chi connectivity index (χ0v) is 12.9. The number of aromatic nitrogens is 1. The number of amides is 1. The number of carbonyl (C=O) groups is 1. The van der Waals surface area contributed by atoms with Gasteiger partial charge in [-0.05, 0) is 24.2 Å². The summed E-state index contributed by atoms with van der Waals surface area (Å²) in [6.45, 7) is 7.12. The van der Waals surface area contributed by atoms with E-state index in [4.69, 9.17) is 4.74 Å². The van der Waals surface area contributed by atoms with Crippen LogP contribution in [0.1, 0.15) is 16.9 Å². The summed E-state index contributed by atoms with van der Waals surface area (Å²) >= 11 is 1.49. The third-order valence-electron chi connectivity index (χ3n) is 5.04. The predicted octanol–water partition coefficient (Wildman–Crippen LogP) is 1.18. The molecule has 4 heterocycles. The lowest BCUT2D eigenvalue weighted by Crippen LogP contribution is -2.35. The fourth-order valence-corrected chi connectivity index (χ4v) is 4.50. The van der Waals surface area contributed by atoms with E-state index >= 15 is 0 Å². The van der Waals surface area contributed by atoms with Crippen LogP contribution in [-0.2, 0) is 4.74 Å². The maximum absolute atomic E-state index is 12.3. The molecule has 6 heteroatoms. The Balaban J connectivity index is 1.32. The molecule has 114 valence electrons. The van der Waals surface area contributed by atoms with E-state index in [9.17, 15) is 4.79 Å². The molecule has 3 aliphatic rings. The summed E-state index contributed by atoms with van der Waals surface area (Å²) < 4.78 is 5.47. The van der Waals surface area contributed by atoms with Gasteiger partial charge in [-0.1, -0.05) is 0 Å². The van der Waals surface area contributed by atoms with Crippen molar-refractivity contribution < 1.29 is 9.53 Å². The number of carbonyl (C=O) groups excluding carboxylic acids is 1. The molecule has 0 radical (unpaired) electrons. The molecule has 3 aliphatic heterocycles. The van der Waals surface area contributed by atoms with E-state index in [0.29, 0.717) is 17.5 Å². The number of fused-ring (bicyclic) bond motifs is 1. The number of hydrogen-bond donors (Lipinski definition) is 0. The molecule has 1 aromatic rings. The summed E-state index contributed by atoms with van der Waals surface area (Å²) in [5.41, 5.74) is 2.34. The Bertz CT molecular complexity index is 487. The standard InChI is InChI=1S/C15H21N3O2S/c19-15(14-9-21-10-16-14)18-6-12-4-17(5-13(12)7-18)3-11-1-2-20-8-11/h9-13H,1-8H2/t11-,12-,13+/m1/s1. The molecule has 0 spiro atoms. The summed E-state index contributed by atoms with van der Waals surface area (Å²) in [6.07, 6.45) is 1.21. The van der Waals surface area contributed by atoms with Crippen LogP contribution in [0.25, 0.3) is 0 Å². The second kappa shape index (κ2) is 5.66. The Morgan fingerprint density at radius 3 is 2.76 bits per heavy atom. The van der Waals surface area contributed by atoms with Crippen molar-refractivity contribution in [1.82, 2.24) is 14.8 Å². The first-order valence-corrected chi connectivity index (χ1v) is 8.71. The van der Waals surface area contributed by atoms with Gasteiger partial charge >= 0.3 is 0 Å². The van der Waals surface area contributed by atoms with Gasteiger partial charge in [0.15, 0.2) is 0 Å². The molecule has 0 bridgehead atoms. The molecule has 3 atom stereocenters. The smallest absolute Gasteiger partial charge is 0.273 e. The number of hydrogen-bond acceptors (Lipinski definition) is 5. The maximum Gasteiger partial charge on any atom is 0.273 e. The Morgan fingerprint density at radius 1 is 1.33 bits per heavy atom. The van der Waals surface area contributed by atoms with Crippen LogP contribution in [0, 0.1) is 17.8 Å². The molecular formula is C15H21N3O2S. The molecule has 0 aromatic carbocycles. The number of ether oxygens (including phenoxy) is 1. The Hall–Kier alpha value is -0.980. The summed E-state index contributed by atoms with van der Waals surface area (Å²) in [5, 5.41) is 1.85.